The highest BCUT2D eigenvalue weighted by molar-refractivity contribution is 6.23. The van der Waals surface area contributed by atoms with Crippen molar-refractivity contribution < 1.29 is 19.8 Å². The number of aliphatic hydroxyl groups excluding tert-OH is 2. The van der Waals surface area contributed by atoms with E-state index in [0.29, 0.717) is 25.7 Å². The van der Waals surface area contributed by atoms with Crippen LogP contribution in [0.5, 0.6) is 0 Å². The molecule has 0 aromatic heterocycles. The monoisotopic (exact) mass is 304 g/mol. The van der Waals surface area contributed by atoms with E-state index in [0.717, 1.165) is 17.2 Å². The highest BCUT2D eigenvalue weighted by atomic mass is 16.3. The molecular weight excluding hydrogens is 280 g/mol. The Morgan fingerprint density at radius 2 is 1.55 bits per heavy atom. The lowest BCUT2D eigenvalue weighted by molar-refractivity contribution is -0.128. The van der Waals surface area contributed by atoms with Crippen molar-refractivity contribution in [2.45, 2.75) is 46.5 Å². The maximum Gasteiger partial charge on any atom is 0.183 e. The number of aliphatic hydroxyl groups is 2. The highest BCUT2D eigenvalue weighted by Gasteiger charge is 2.47. The quantitative estimate of drug-likeness (QED) is 0.548. The molecule has 0 radical (unpaired) electrons. The first-order chi connectivity index (χ1) is 10.1. The van der Waals surface area contributed by atoms with Crippen molar-refractivity contribution >= 4 is 11.6 Å². The van der Waals surface area contributed by atoms with Crippen LogP contribution >= 0.6 is 0 Å². The molecule has 0 saturated heterocycles. The molecule has 0 aromatic rings. The standard InChI is InChI=1S/C18H24O4/c1-11(2)6-8-18(9-7-12(3)4)15(21)10-14(20)16(13(5)19)17(18)22/h10,20-21H,1,3,6-9H2,2,4-5H3. The normalized spacial score (nSPS) is 17.2. The Morgan fingerprint density at radius 3 is 1.91 bits per heavy atom. The van der Waals surface area contributed by atoms with E-state index in [9.17, 15) is 19.8 Å². The fraction of sp³-hybridized carbons (Fsp3) is 0.444. The van der Waals surface area contributed by atoms with Gasteiger partial charge in [-0.25, -0.2) is 0 Å². The fourth-order valence-electron chi connectivity index (χ4n) is 2.61. The molecule has 0 atom stereocenters. The zero-order valence-corrected chi connectivity index (χ0v) is 13.5. The van der Waals surface area contributed by atoms with Crippen LogP contribution in [0.4, 0.5) is 0 Å². The van der Waals surface area contributed by atoms with E-state index < -0.39 is 22.7 Å². The highest BCUT2D eigenvalue weighted by Crippen LogP contribution is 2.44. The van der Waals surface area contributed by atoms with Crippen LogP contribution in [0.2, 0.25) is 0 Å². The van der Waals surface area contributed by atoms with E-state index in [1.54, 1.807) is 0 Å². The van der Waals surface area contributed by atoms with Crippen molar-refractivity contribution in [1.82, 2.24) is 0 Å². The Labute approximate surface area is 131 Å². The van der Waals surface area contributed by atoms with Crippen molar-refractivity contribution in [3.05, 3.63) is 47.5 Å². The number of rotatable bonds is 7. The Bertz CT molecular complexity index is 572. The second-order valence-electron chi connectivity index (χ2n) is 6.17. The van der Waals surface area contributed by atoms with Crippen molar-refractivity contribution in [1.29, 1.82) is 0 Å². The molecule has 0 unspecified atom stereocenters. The summed E-state index contributed by atoms with van der Waals surface area (Å²) < 4.78 is 0. The molecule has 0 amide bonds. The number of allylic oxidation sites excluding steroid dienone is 5. The van der Waals surface area contributed by atoms with Gasteiger partial charge in [0, 0.05) is 6.08 Å². The van der Waals surface area contributed by atoms with E-state index in [-0.39, 0.29) is 11.3 Å². The molecule has 2 N–H and O–H groups in total. The molecule has 0 bridgehead atoms. The van der Waals surface area contributed by atoms with Crippen LogP contribution in [0.15, 0.2) is 47.5 Å². The van der Waals surface area contributed by atoms with E-state index in [2.05, 4.69) is 13.2 Å². The average Bonchev–Trinajstić information content (AvgIpc) is 2.36. The van der Waals surface area contributed by atoms with Gasteiger partial charge in [0.25, 0.3) is 0 Å². The molecule has 0 aliphatic heterocycles. The van der Waals surface area contributed by atoms with E-state index in [1.165, 1.54) is 6.92 Å². The summed E-state index contributed by atoms with van der Waals surface area (Å²) in [6.07, 6.45) is 2.91. The zero-order chi connectivity index (χ0) is 17.1. The summed E-state index contributed by atoms with van der Waals surface area (Å²) in [5, 5.41) is 20.2. The van der Waals surface area contributed by atoms with Gasteiger partial charge in [-0.3, -0.25) is 9.59 Å². The maximum atomic E-state index is 12.8. The minimum absolute atomic E-state index is 0.192. The molecule has 0 heterocycles. The first-order valence-electron chi connectivity index (χ1n) is 7.30. The van der Waals surface area contributed by atoms with E-state index in [1.807, 2.05) is 13.8 Å². The summed E-state index contributed by atoms with van der Waals surface area (Å²) in [4.78, 5) is 24.5. The molecule has 0 fully saturated rings. The second kappa shape index (κ2) is 6.77. The summed E-state index contributed by atoms with van der Waals surface area (Å²) in [6.45, 7) is 12.6. The molecular formula is C18H24O4. The van der Waals surface area contributed by atoms with Gasteiger partial charge >= 0.3 is 0 Å². The third-order valence-electron chi connectivity index (χ3n) is 3.99. The topological polar surface area (TPSA) is 74.6 Å². The average molecular weight is 304 g/mol. The van der Waals surface area contributed by atoms with Crippen molar-refractivity contribution in [2.24, 2.45) is 5.41 Å². The molecule has 0 aromatic carbocycles. The summed E-state index contributed by atoms with van der Waals surface area (Å²) in [6, 6.07) is 0. The molecule has 4 nitrogen and oxygen atoms in total. The van der Waals surface area contributed by atoms with Gasteiger partial charge in [-0.15, -0.1) is 13.2 Å². The lowest BCUT2D eigenvalue weighted by atomic mass is 9.67. The van der Waals surface area contributed by atoms with Crippen LogP contribution < -0.4 is 0 Å². The van der Waals surface area contributed by atoms with Gasteiger partial charge in [-0.2, -0.15) is 0 Å². The molecule has 0 spiro atoms. The van der Waals surface area contributed by atoms with Crippen LogP contribution in [0.1, 0.15) is 46.5 Å². The van der Waals surface area contributed by atoms with Gasteiger partial charge in [0.15, 0.2) is 11.6 Å². The second-order valence-corrected chi connectivity index (χ2v) is 6.17. The zero-order valence-electron chi connectivity index (χ0n) is 13.5. The smallest absolute Gasteiger partial charge is 0.183 e. The molecule has 22 heavy (non-hydrogen) atoms. The Kier molecular flexibility index (Phi) is 5.53. The maximum absolute atomic E-state index is 12.8. The van der Waals surface area contributed by atoms with Crippen LogP contribution in [-0.2, 0) is 9.59 Å². The van der Waals surface area contributed by atoms with Crippen LogP contribution in [0.3, 0.4) is 0 Å². The van der Waals surface area contributed by atoms with Gasteiger partial charge < -0.3 is 10.2 Å². The van der Waals surface area contributed by atoms with Gasteiger partial charge in [-0.05, 0) is 46.5 Å². The first-order valence-corrected chi connectivity index (χ1v) is 7.30. The molecule has 1 aliphatic carbocycles. The third kappa shape index (κ3) is 3.56. The number of hydrogen-bond donors (Lipinski definition) is 2. The Balaban J connectivity index is 3.32. The predicted molar refractivity (Wildman–Crippen MR) is 86.6 cm³/mol. The summed E-state index contributed by atoms with van der Waals surface area (Å²) in [5.41, 5.74) is 0.351. The molecule has 1 rings (SSSR count). The summed E-state index contributed by atoms with van der Waals surface area (Å²) in [5.74, 6) is -1.67. The molecule has 1 aliphatic rings. The number of carbonyl (C=O) groups is 2. The summed E-state index contributed by atoms with van der Waals surface area (Å²) in [7, 11) is 0. The third-order valence-corrected chi connectivity index (χ3v) is 3.99. The van der Waals surface area contributed by atoms with Gasteiger partial charge in [-0.1, -0.05) is 11.1 Å². The molecule has 120 valence electrons. The lowest BCUT2D eigenvalue weighted by Crippen LogP contribution is -2.39. The summed E-state index contributed by atoms with van der Waals surface area (Å²) >= 11 is 0. The Morgan fingerprint density at radius 1 is 1.09 bits per heavy atom. The number of ketones is 2. The van der Waals surface area contributed by atoms with Gasteiger partial charge in [0.1, 0.15) is 17.1 Å². The minimum atomic E-state index is -1.19. The van der Waals surface area contributed by atoms with Crippen LogP contribution in [-0.4, -0.2) is 21.8 Å². The fourth-order valence-corrected chi connectivity index (χ4v) is 2.61. The molecule has 0 saturated carbocycles. The number of carbonyl (C=O) groups excluding carboxylic acids is 2. The van der Waals surface area contributed by atoms with Gasteiger partial charge in [0.05, 0.1) is 5.41 Å². The van der Waals surface area contributed by atoms with E-state index >= 15 is 0 Å². The lowest BCUT2D eigenvalue weighted by Gasteiger charge is -2.35. The van der Waals surface area contributed by atoms with Crippen LogP contribution in [0, 0.1) is 5.41 Å². The van der Waals surface area contributed by atoms with Crippen molar-refractivity contribution in [3.63, 3.8) is 0 Å². The predicted octanol–water partition coefficient (Wildman–Crippen LogP) is 4.11. The van der Waals surface area contributed by atoms with Crippen molar-refractivity contribution in [3.8, 4) is 0 Å². The van der Waals surface area contributed by atoms with Crippen LogP contribution in [0.25, 0.3) is 0 Å². The largest absolute Gasteiger partial charge is 0.511 e. The molecule has 4 heteroatoms. The number of hydrogen-bond acceptors (Lipinski definition) is 4. The minimum Gasteiger partial charge on any atom is -0.511 e. The van der Waals surface area contributed by atoms with Gasteiger partial charge in [0.2, 0.25) is 0 Å². The van der Waals surface area contributed by atoms with E-state index in [4.69, 9.17) is 0 Å². The first kappa shape index (κ1) is 18.0. The number of Topliss-reactive ketones (excluding diaryl/α,β-unsaturated/α-hetero) is 2. The Hall–Kier alpha value is -2.10. The van der Waals surface area contributed by atoms with Crippen molar-refractivity contribution in [2.75, 3.05) is 0 Å². The SMILES string of the molecule is C=C(C)CCC1(CCC(=C)C)C(=O)C(C(C)=O)=C(O)C=C1O.